The van der Waals surface area contributed by atoms with Crippen LogP contribution in [0.3, 0.4) is 0 Å². The summed E-state index contributed by atoms with van der Waals surface area (Å²) in [4.78, 5) is 7.34. The van der Waals surface area contributed by atoms with Gasteiger partial charge in [0.2, 0.25) is 10.0 Å². The van der Waals surface area contributed by atoms with E-state index in [4.69, 9.17) is 0 Å². The molecule has 0 aromatic rings. The molecule has 1 fully saturated rings. The van der Waals surface area contributed by atoms with Crippen LogP contribution in [0.4, 0.5) is 13.2 Å². The number of hydrogen-bond donors (Lipinski definition) is 2. The Hall–Kier alpha value is -1.07. The first kappa shape index (κ1) is 20.0. The molecule has 0 bridgehead atoms. The van der Waals surface area contributed by atoms with Gasteiger partial charge in [0.1, 0.15) is 6.04 Å². The molecule has 23 heavy (non-hydrogen) atoms. The van der Waals surface area contributed by atoms with Crippen molar-refractivity contribution in [2.45, 2.75) is 19.1 Å². The van der Waals surface area contributed by atoms with Crippen molar-refractivity contribution in [1.82, 2.24) is 19.8 Å². The first-order chi connectivity index (χ1) is 10.5. The molecular weight excluding hydrogens is 335 g/mol. The van der Waals surface area contributed by atoms with Crippen molar-refractivity contribution in [3.63, 3.8) is 0 Å². The lowest BCUT2D eigenvalue weighted by molar-refractivity contribution is -0.181. The molecule has 2 N–H and O–H groups in total. The standard InChI is InChI=1S/C12H24F3N5O2S/c1-10(12(13,14)15)19-6-8-20(9-7-19)11(16-2)17-4-5-18-23(3,21)22/h10,18H,4-9H2,1-3H3,(H,16,17). The van der Waals surface area contributed by atoms with Crippen molar-refractivity contribution >= 4 is 16.0 Å². The lowest BCUT2D eigenvalue weighted by atomic mass is 10.2. The fourth-order valence-electron chi connectivity index (χ4n) is 2.27. The van der Waals surface area contributed by atoms with E-state index in [0.717, 1.165) is 6.26 Å². The van der Waals surface area contributed by atoms with Crippen LogP contribution in [0.25, 0.3) is 0 Å². The Morgan fingerprint density at radius 2 is 1.78 bits per heavy atom. The zero-order valence-corrected chi connectivity index (χ0v) is 14.3. The molecule has 1 heterocycles. The van der Waals surface area contributed by atoms with Crippen LogP contribution in [0.2, 0.25) is 0 Å². The third-order valence-corrected chi connectivity index (χ3v) is 4.35. The van der Waals surface area contributed by atoms with Gasteiger partial charge in [-0.3, -0.25) is 9.89 Å². The van der Waals surface area contributed by atoms with Crippen molar-refractivity contribution in [2.24, 2.45) is 4.99 Å². The van der Waals surface area contributed by atoms with Crippen LogP contribution in [0.1, 0.15) is 6.92 Å². The van der Waals surface area contributed by atoms with Gasteiger partial charge < -0.3 is 10.2 Å². The lowest BCUT2D eigenvalue weighted by Crippen LogP contribution is -2.57. The van der Waals surface area contributed by atoms with E-state index in [1.165, 1.54) is 11.8 Å². The molecule has 1 rings (SSSR count). The molecule has 0 spiro atoms. The Kier molecular flexibility index (Phi) is 7.08. The van der Waals surface area contributed by atoms with E-state index < -0.39 is 22.2 Å². The second-order valence-corrected chi connectivity index (χ2v) is 7.21. The monoisotopic (exact) mass is 359 g/mol. The Bertz CT molecular complexity index is 501. The molecule has 0 aromatic heterocycles. The van der Waals surface area contributed by atoms with Crippen LogP contribution < -0.4 is 10.0 Å². The minimum Gasteiger partial charge on any atom is -0.355 e. The van der Waals surface area contributed by atoms with E-state index in [-0.39, 0.29) is 6.54 Å². The maximum absolute atomic E-state index is 12.7. The van der Waals surface area contributed by atoms with Crippen molar-refractivity contribution in [1.29, 1.82) is 0 Å². The van der Waals surface area contributed by atoms with Gasteiger partial charge >= 0.3 is 6.18 Å². The minimum absolute atomic E-state index is 0.211. The Balaban J connectivity index is 2.42. The van der Waals surface area contributed by atoms with E-state index >= 15 is 0 Å². The third-order valence-electron chi connectivity index (χ3n) is 3.62. The number of piperazine rings is 1. The smallest absolute Gasteiger partial charge is 0.355 e. The van der Waals surface area contributed by atoms with Crippen LogP contribution in [0, 0.1) is 0 Å². The molecule has 1 saturated heterocycles. The molecule has 0 amide bonds. The quantitative estimate of drug-likeness (QED) is 0.400. The number of nitrogens with zero attached hydrogens (tertiary/aromatic N) is 3. The molecule has 0 aromatic carbocycles. The number of sulfonamides is 1. The first-order valence-electron chi connectivity index (χ1n) is 7.25. The fraction of sp³-hybridized carbons (Fsp3) is 0.917. The lowest BCUT2D eigenvalue weighted by Gasteiger charge is -2.39. The van der Waals surface area contributed by atoms with E-state index in [9.17, 15) is 21.6 Å². The molecule has 0 aliphatic carbocycles. The number of aliphatic imine (C=N–C) groups is 1. The Labute approximate surface area is 135 Å². The van der Waals surface area contributed by atoms with Gasteiger partial charge in [0.05, 0.1) is 6.26 Å². The molecule has 0 saturated carbocycles. The summed E-state index contributed by atoms with van der Waals surface area (Å²) in [5.74, 6) is 0.555. The normalized spacial score (nSPS) is 19.7. The molecule has 1 unspecified atom stereocenters. The van der Waals surface area contributed by atoms with Crippen LogP contribution in [-0.4, -0.2) is 89.0 Å². The SMILES string of the molecule is CN=C(NCCNS(C)(=O)=O)N1CCN(C(C)C(F)(F)F)CC1. The van der Waals surface area contributed by atoms with Gasteiger partial charge in [-0.25, -0.2) is 13.1 Å². The highest BCUT2D eigenvalue weighted by atomic mass is 32.2. The van der Waals surface area contributed by atoms with Gasteiger partial charge in [0.15, 0.2) is 5.96 Å². The highest BCUT2D eigenvalue weighted by Crippen LogP contribution is 2.25. The van der Waals surface area contributed by atoms with Gasteiger partial charge in [-0.05, 0) is 6.92 Å². The number of nitrogens with one attached hydrogen (secondary N) is 2. The molecule has 1 atom stereocenters. The van der Waals surface area contributed by atoms with Crippen LogP contribution in [0.5, 0.6) is 0 Å². The maximum Gasteiger partial charge on any atom is 0.403 e. The summed E-state index contributed by atoms with van der Waals surface area (Å²) in [5.41, 5.74) is 0. The van der Waals surface area contributed by atoms with Crippen LogP contribution in [-0.2, 0) is 10.0 Å². The topological polar surface area (TPSA) is 77.0 Å². The second-order valence-electron chi connectivity index (χ2n) is 5.38. The number of hydrogen-bond acceptors (Lipinski definition) is 4. The van der Waals surface area contributed by atoms with Gasteiger partial charge in [-0.15, -0.1) is 0 Å². The van der Waals surface area contributed by atoms with Crippen molar-refractivity contribution in [3.8, 4) is 0 Å². The first-order valence-corrected chi connectivity index (χ1v) is 9.14. The van der Waals surface area contributed by atoms with E-state index in [1.54, 1.807) is 7.05 Å². The van der Waals surface area contributed by atoms with Crippen molar-refractivity contribution < 1.29 is 21.6 Å². The zero-order valence-electron chi connectivity index (χ0n) is 13.5. The predicted octanol–water partition coefficient (Wildman–Crippen LogP) is -0.321. The van der Waals surface area contributed by atoms with Crippen LogP contribution >= 0.6 is 0 Å². The van der Waals surface area contributed by atoms with Gasteiger partial charge in [-0.1, -0.05) is 0 Å². The second kappa shape index (κ2) is 8.15. The number of alkyl halides is 3. The summed E-state index contributed by atoms with van der Waals surface area (Å²) < 4.78 is 62.4. The number of guanidine groups is 1. The maximum atomic E-state index is 12.7. The van der Waals surface area contributed by atoms with E-state index in [1.807, 2.05) is 4.90 Å². The molecule has 1 aliphatic rings. The fourth-order valence-corrected chi connectivity index (χ4v) is 2.74. The van der Waals surface area contributed by atoms with E-state index in [2.05, 4.69) is 15.0 Å². The highest BCUT2D eigenvalue weighted by Gasteiger charge is 2.41. The van der Waals surface area contributed by atoms with Crippen LogP contribution in [0.15, 0.2) is 4.99 Å². The summed E-state index contributed by atoms with van der Waals surface area (Å²) in [5, 5.41) is 2.99. The molecular formula is C12H24F3N5O2S. The summed E-state index contributed by atoms with van der Waals surface area (Å²) in [7, 11) is -1.66. The van der Waals surface area contributed by atoms with Crippen molar-refractivity contribution in [2.75, 3.05) is 52.6 Å². The Morgan fingerprint density at radius 1 is 1.22 bits per heavy atom. The largest absolute Gasteiger partial charge is 0.403 e. The summed E-state index contributed by atoms with van der Waals surface area (Å²) in [6, 6.07) is -1.46. The number of halogens is 3. The third kappa shape index (κ3) is 6.92. The van der Waals surface area contributed by atoms with Gasteiger partial charge in [-0.2, -0.15) is 13.2 Å². The summed E-state index contributed by atoms with van der Waals surface area (Å²) >= 11 is 0. The number of rotatable bonds is 5. The predicted molar refractivity (Wildman–Crippen MR) is 82.9 cm³/mol. The van der Waals surface area contributed by atoms with Gasteiger partial charge in [0.25, 0.3) is 0 Å². The Morgan fingerprint density at radius 3 is 2.22 bits per heavy atom. The molecule has 136 valence electrons. The highest BCUT2D eigenvalue weighted by molar-refractivity contribution is 7.88. The minimum atomic E-state index is -4.22. The molecule has 7 nitrogen and oxygen atoms in total. The average Bonchev–Trinajstić information content (AvgIpc) is 2.45. The van der Waals surface area contributed by atoms with Gasteiger partial charge in [0, 0.05) is 46.3 Å². The van der Waals surface area contributed by atoms with Crippen molar-refractivity contribution in [3.05, 3.63) is 0 Å². The molecule has 0 radical (unpaired) electrons. The molecule has 11 heteroatoms. The summed E-state index contributed by atoms with van der Waals surface area (Å²) in [6.45, 7) is 3.17. The summed E-state index contributed by atoms with van der Waals surface area (Å²) in [6.07, 6.45) is -3.15. The zero-order chi connectivity index (χ0) is 17.7. The van der Waals surface area contributed by atoms with E-state index in [0.29, 0.717) is 38.7 Å². The molecule has 1 aliphatic heterocycles. The average molecular weight is 359 g/mol.